The number of aliphatic hydroxyl groups excluding tert-OH is 1. The number of aliphatic hydroxyl groups is 1. The van der Waals surface area contributed by atoms with Crippen LogP contribution in [-0.4, -0.2) is 74.5 Å². The van der Waals surface area contributed by atoms with Gasteiger partial charge in [0, 0.05) is 30.2 Å². The van der Waals surface area contributed by atoms with Crippen molar-refractivity contribution in [3.8, 4) is 23.0 Å². The van der Waals surface area contributed by atoms with E-state index in [0.29, 0.717) is 35.1 Å². The van der Waals surface area contributed by atoms with Gasteiger partial charge < -0.3 is 19.8 Å². The average Bonchev–Trinajstić information content (AvgIpc) is 3.58. The summed E-state index contributed by atoms with van der Waals surface area (Å²) in [5.41, 5.74) is 0.258. The fourth-order valence-electron chi connectivity index (χ4n) is 8.40. The monoisotopic (exact) mass is 665 g/mol. The number of anilines is 1. The van der Waals surface area contributed by atoms with E-state index in [2.05, 4.69) is 35.7 Å². The number of phenolic OH excluding ortho intramolecular Hbond substituents is 1. The van der Waals surface area contributed by atoms with Gasteiger partial charge in [0.15, 0.2) is 5.82 Å². The molecule has 5 heterocycles. The van der Waals surface area contributed by atoms with Crippen molar-refractivity contribution >= 4 is 43.4 Å². The average molecular weight is 667 g/mol. The van der Waals surface area contributed by atoms with Crippen LogP contribution in [0, 0.1) is 17.0 Å². The third kappa shape index (κ3) is 4.53. The molecule has 2 aromatic carbocycles. The minimum absolute atomic E-state index is 0.0197. The molecule has 1 aliphatic carbocycles. The maximum Gasteiger partial charge on any atom is 0.319 e. The van der Waals surface area contributed by atoms with Crippen molar-refractivity contribution < 1.29 is 23.7 Å². The zero-order valence-electron chi connectivity index (χ0n) is 24.3. The van der Waals surface area contributed by atoms with Gasteiger partial charge in [-0.15, -0.1) is 0 Å². The summed E-state index contributed by atoms with van der Waals surface area (Å²) in [6.45, 7) is 4.02. The van der Waals surface area contributed by atoms with Crippen molar-refractivity contribution in [2.24, 2.45) is 5.41 Å². The first kappa shape index (κ1) is 28.3. The largest absolute Gasteiger partial charge is 0.508 e. The van der Waals surface area contributed by atoms with Crippen molar-refractivity contribution in [2.45, 2.75) is 63.0 Å². The molecule has 3 aliphatic heterocycles. The first-order chi connectivity index (χ1) is 21.2. The molecule has 4 aliphatic rings. The molecule has 230 valence electrons. The molecule has 0 unspecified atom stereocenters. The quantitative estimate of drug-likeness (QED) is 0.255. The Morgan fingerprint density at radius 3 is 2.57 bits per heavy atom. The Morgan fingerprint density at radius 2 is 1.80 bits per heavy atom. The highest BCUT2D eigenvalue weighted by Crippen LogP contribution is 2.49. The molecule has 11 heteroatoms. The lowest BCUT2D eigenvalue weighted by Crippen LogP contribution is -2.52. The summed E-state index contributed by atoms with van der Waals surface area (Å²) in [7, 11) is 0. The van der Waals surface area contributed by atoms with Crippen LogP contribution in [0.5, 0.6) is 11.8 Å². The molecule has 44 heavy (non-hydrogen) atoms. The topological polar surface area (TPSA) is 94.8 Å². The van der Waals surface area contributed by atoms with Crippen LogP contribution in [0.2, 0.25) is 0 Å². The Labute approximate surface area is 262 Å². The zero-order valence-corrected chi connectivity index (χ0v) is 25.9. The summed E-state index contributed by atoms with van der Waals surface area (Å²) in [4.78, 5) is 18.7. The predicted molar refractivity (Wildman–Crippen MR) is 167 cm³/mol. The molecule has 4 aromatic rings. The number of ether oxygens (including phenoxy) is 1. The number of fused-ring (bicyclic) bond motifs is 3. The van der Waals surface area contributed by atoms with Crippen molar-refractivity contribution in [1.82, 2.24) is 19.9 Å². The fraction of sp³-hybridized carbons (Fsp3) is 0.485. The number of phenols is 1. The summed E-state index contributed by atoms with van der Waals surface area (Å²) < 4.78 is 37.9. The number of hydrogen-bond donors (Lipinski definition) is 2. The van der Waals surface area contributed by atoms with E-state index in [9.17, 15) is 14.6 Å². The van der Waals surface area contributed by atoms with Crippen LogP contribution < -0.4 is 9.64 Å². The summed E-state index contributed by atoms with van der Waals surface area (Å²) in [5.74, 6) is -0.703. The summed E-state index contributed by atoms with van der Waals surface area (Å²) in [6, 6.07) is 5.87. The molecule has 3 saturated heterocycles. The Bertz CT molecular complexity index is 1780. The number of rotatable bonds is 5. The molecule has 0 amide bonds. The zero-order chi connectivity index (χ0) is 30.2. The smallest absolute Gasteiger partial charge is 0.319 e. The Hall–Kier alpha value is -3.15. The molecule has 8 nitrogen and oxygen atoms in total. The summed E-state index contributed by atoms with van der Waals surface area (Å²) >= 11 is 3.32. The minimum Gasteiger partial charge on any atom is -0.508 e. The maximum atomic E-state index is 16.8. The Balaban J connectivity index is 1.26. The SMILES string of the molecule is Oc1cc(-c2ncc3c(N4CCCC5(CC(O)C5)C4)nc(OCC45CCCN4CCC5)nc3c2F)c2c(Br)c(F)ccc2c1. The second-order valence-electron chi connectivity index (χ2n) is 13.3. The van der Waals surface area contributed by atoms with E-state index in [1.54, 1.807) is 12.3 Å². The summed E-state index contributed by atoms with van der Waals surface area (Å²) in [5, 5.41) is 22.0. The number of halogens is 3. The van der Waals surface area contributed by atoms with Crippen LogP contribution in [0.15, 0.2) is 34.9 Å². The van der Waals surface area contributed by atoms with Gasteiger partial charge in [0.05, 0.1) is 21.5 Å². The molecule has 8 rings (SSSR count). The third-order valence-electron chi connectivity index (χ3n) is 10.5. The van der Waals surface area contributed by atoms with Crippen LogP contribution in [0.25, 0.3) is 32.9 Å². The van der Waals surface area contributed by atoms with Gasteiger partial charge in [-0.25, -0.2) is 8.78 Å². The molecule has 2 N–H and O–H groups in total. The van der Waals surface area contributed by atoms with E-state index in [0.717, 1.165) is 71.0 Å². The van der Waals surface area contributed by atoms with Gasteiger partial charge in [0.25, 0.3) is 0 Å². The molecule has 1 spiro atoms. The highest BCUT2D eigenvalue weighted by Gasteiger charge is 2.47. The van der Waals surface area contributed by atoms with E-state index in [1.807, 2.05) is 0 Å². The highest BCUT2D eigenvalue weighted by molar-refractivity contribution is 9.10. The molecule has 0 radical (unpaired) electrons. The second-order valence-corrected chi connectivity index (χ2v) is 14.1. The molecule has 4 fully saturated rings. The second kappa shape index (κ2) is 10.5. The van der Waals surface area contributed by atoms with Crippen molar-refractivity contribution in [3.63, 3.8) is 0 Å². The van der Waals surface area contributed by atoms with Gasteiger partial charge in [0.2, 0.25) is 0 Å². The molecular weight excluding hydrogens is 632 g/mol. The Morgan fingerprint density at radius 1 is 1.02 bits per heavy atom. The lowest BCUT2D eigenvalue weighted by molar-refractivity contribution is -0.0396. The van der Waals surface area contributed by atoms with Gasteiger partial charge in [-0.3, -0.25) is 9.88 Å². The third-order valence-corrected chi connectivity index (χ3v) is 11.2. The van der Waals surface area contributed by atoms with E-state index < -0.39 is 11.6 Å². The number of benzene rings is 2. The van der Waals surface area contributed by atoms with E-state index in [-0.39, 0.29) is 50.1 Å². The molecular formula is C33H34BrF2N5O3. The number of piperidine rings is 1. The number of aromatic hydroxyl groups is 1. The van der Waals surface area contributed by atoms with E-state index >= 15 is 4.39 Å². The van der Waals surface area contributed by atoms with Crippen LogP contribution in [0.4, 0.5) is 14.6 Å². The highest BCUT2D eigenvalue weighted by atomic mass is 79.9. The Kier molecular flexibility index (Phi) is 6.73. The number of pyridine rings is 1. The van der Waals surface area contributed by atoms with Gasteiger partial charge in [-0.1, -0.05) is 6.07 Å². The number of nitrogens with zero attached hydrogens (tertiary/aromatic N) is 5. The van der Waals surface area contributed by atoms with Crippen molar-refractivity contribution in [2.75, 3.05) is 37.7 Å². The van der Waals surface area contributed by atoms with Crippen LogP contribution >= 0.6 is 15.9 Å². The van der Waals surface area contributed by atoms with Crippen LogP contribution in [-0.2, 0) is 0 Å². The van der Waals surface area contributed by atoms with Crippen LogP contribution in [0.1, 0.15) is 51.4 Å². The molecule has 1 saturated carbocycles. The minimum atomic E-state index is -0.689. The lowest BCUT2D eigenvalue weighted by atomic mass is 9.62. The number of aromatic nitrogens is 3. The van der Waals surface area contributed by atoms with E-state index in [1.165, 1.54) is 18.2 Å². The maximum absolute atomic E-state index is 16.8. The summed E-state index contributed by atoms with van der Waals surface area (Å²) in [6.07, 6.45) is 9.15. The first-order valence-corrected chi connectivity index (χ1v) is 16.3. The fourth-order valence-corrected chi connectivity index (χ4v) is 8.98. The lowest BCUT2D eigenvalue weighted by Gasteiger charge is -2.51. The predicted octanol–water partition coefficient (Wildman–Crippen LogP) is 6.34. The first-order valence-electron chi connectivity index (χ1n) is 15.5. The number of hydrogen-bond acceptors (Lipinski definition) is 8. The van der Waals surface area contributed by atoms with Crippen molar-refractivity contribution in [3.05, 3.63) is 46.6 Å². The van der Waals surface area contributed by atoms with Gasteiger partial charge in [-0.05, 0) is 109 Å². The van der Waals surface area contributed by atoms with E-state index in [4.69, 9.17) is 9.72 Å². The van der Waals surface area contributed by atoms with Crippen molar-refractivity contribution in [1.29, 1.82) is 0 Å². The van der Waals surface area contributed by atoms with Gasteiger partial charge in [0.1, 0.15) is 35.2 Å². The molecule has 2 aromatic heterocycles. The molecule has 0 bridgehead atoms. The van der Waals surface area contributed by atoms with Gasteiger partial charge >= 0.3 is 6.01 Å². The van der Waals surface area contributed by atoms with Crippen LogP contribution in [0.3, 0.4) is 0 Å². The molecule has 0 atom stereocenters. The van der Waals surface area contributed by atoms with Gasteiger partial charge in [-0.2, -0.15) is 9.97 Å². The normalized spacial score (nSPS) is 24.7. The standard InChI is InChI=1S/C33H34BrF2N5O3/c34-26-24(35)5-4-19-12-20(42)13-22(25(19)26)28-27(36)29-23(16-37-28)30(40-9-1-6-32(17-40)14-21(43)15-32)39-31(38-29)44-18-33-7-2-10-41(33)11-3-8-33/h4-5,12-13,16,21,42-43H,1-3,6-11,14-15,17-18H2.